The lowest BCUT2D eigenvalue weighted by atomic mass is 10.0. The molecule has 0 saturated carbocycles. The SMILES string of the molecule is COc1ccc(OC)c(S(=O)(=O)NCCN[C@@]2(C)CCS(=O)(=O)C2)c1. The molecule has 2 N–H and O–H groups in total. The van der Waals surface area contributed by atoms with E-state index in [1.165, 1.54) is 26.4 Å². The van der Waals surface area contributed by atoms with Gasteiger partial charge in [0.2, 0.25) is 10.0 Å². The zero-order valence-electron chi connectivity index (χ0n) is 14.5. The molecule has 0 aliphatic carbocycles. The van der Waals surface area contributed by atoms with E-state index in [4.69, 9.17) is 9.47 Å². The molecule has 0 unspecified atom stereocenters. The second-order valence-electron chi connectivity index (χ2n) is 6.24. The van der Waals surface area contributed by atoms with Gasteiger partial charge in [0.05, 0.1) is 25.7 Å². The van der Waals surface area contributed by atoms with Gasteiger partial charge in [-0.25, -0.2) is 21.6 Å². The van der Waals surface area contributed by atoms with Crippen LogP contribution in [0.1, 0.15) is 13.3 Å². The van der Waals surface area contributed by atoms with Gasteiger partial charge in [-0.2, -0.15) is 0 Å². The predicted molar refractivity (Wildman–Crippen MR) is 94.4 cm³/mol. The zero-order valence-corrected chi connectivity index (χ0v) is 16.2. The highest BCUT2D eigenvalue weighted by Gasteiger charge is 2.37. The Morgan fingerprint density at radius 2 is 1.92 bits per heavy atom. The Labute approximate surface area is 148 Å². The summed E-state index contributed by atoms with van der Waals surface area (Å²) >= 11 is 0. The van der Waals surface area contributed by atoms with E-state index in [-0.39, 0.29) is 28.7 Å². The molecule has 0 aromatic heterocycles. The minimum Gasteiger partial charge on any atom is -0.497 e. The number of rotatable bonds is 8. The van der Waals surface area contributed by atoms with Crippen LogP contribution in [-0.2, 0) is 19.9 Å². The first kappa shape index (κ1) is 20.0. The van der Waals surface area contributed by atoms with Gasteiger partial charge in [0, 0.05) is 24.7 Å². The molecule has 8 nitrogen and oxygen atoms in total. The van der Waals surface area contributed by atoms with Gasteiger partial charge in [0.1, 0.15) is 16.4 Å². The number of nitrogens with one attached hydrogen (secondary N) is 2. The van der Waals surface area contributed by atoms with Crippen LogP contribution < -0.4 is 19.5 Å². The third kappa shape index (κ3) is 5.06. The molecule has 1 atom stereocenters. The van der Waals surface area contributed by atoms with Crippen molar-refractivity contribution < 1.29 is 26.3 Å². The number of ether oxygens (including phenoxy) is 2. The minimum absolute atomic E-state index is 0.0102. The Morgan fingerprint density at radius 3 is 2.48 bits per heavy atom. The van der Waals surface area contributed by atoms with Crippen LogP contribution in [0.2, 0.25) is 0 Å². The lowest BCUT2D eigenvalue weighted by Gasteiger charge is -2.24. The molecule has 0 bridgehead atoms. The first-order valence-electron chi connectivity index (χ1n) is 7.78. The Balaban J connectivity index is 1.98. The van der Waals surface area contributed by atoms with Crippen molar-refractivity contribution >= 4 is 19.9 Å². The van der Waals surface area contributed by atoms with Gasteiger partial charge in [0.15, 0.2) is 9.84 Å². The molecular weight excluding hydrogens is 368 g/mol. The smallest absolute Gasteiger partial charge is 0.244 e. The van der Waals surface area contributed by atoms with Gasteiger partial charge < -0.3 is 14.8 Å². The van der Waals surface area contributed by atoms with Gasteiger partial charge in [-0.3, -0.25) is 0 Å². The van der Waals surface area contributed by atoms with Crippen molar-refractivity contribution in [2.45, 2.75) is 23.8 Å². The molecule has 25 heavy (non-hydrogen) atoms. The van der Waals surface area contributed by atoms with Crippen molar-refractivity contribution in [1.29, 1.82) is 0 Å². The molecule has 10 heteroatoms. The summed E-state index contributed by atoms with van der Waals surface area (Å²) in [5, 5.41) is 3.13. The highest BCUT2D eigenvalue weighted by atomic mass is 32.2. The van der Waals surface area contributed by atoms with Crippen molar-refractivity contribution in [1.82, 2.24) is 10.0 Å². The Morgan fingerprint density at radius 1 is 1.20 bits per heavy atom. The molecule has 1 aliphatic rings. The largest absolute Gasteiger partial charge is 0.497 e. The number of benzene rings is 1. The Bertz CT molecular complexity index is 822. The van der Waals surface area contributed by atoms with Gasteiger partial charge in [-0.05, 0) is 25.5 Å². The first-order valence-corrected chi connectivity index (χ1v) is 11.1. The van der Waals surface area contributed by atoms with Crippen LogP contribution >= 0.6 is 0 Å². The number of sulfonamides is 1. The monoisotopic (exact) mass is 392 g/mol. The van der Waals surface area contributed by atoms with E-state index in [2.05, 4.69) is 10.0 Å². The van der Waals surface area contributed by atoms with Crippen LogP contribution in [0.3, 0.4) is 0 Å². The first-order chi connectivity index (χ1) is 11.6. The van der Waals surface area contributed by atoms with Crippen LogP contribution in [0.4, 0.5) is 0 Å². The van der Waals surface area contributed by atoms with Gasteiger partial charge in [0.25, 0.3) is 0 Å². The fraction of sp³-hybridized carbons (Fsp3) is 0.600. The molecule has 0 spiro atoms. The quantitative estimate of drug-likeness (QED) is 0.606. The average Bonchev–Trinajstić information content (AvgIpc) is 2.84. The van der Waals surface area contributed by atoms with Crippen molar-refractivity contribution in [3.63, 3.8) is 0 Å². The van der Waals surface area contributed by atoms with Gasteiger partial charge in [-0.15, -0.1) is 0 Å². The van der Waals surface area contributed by atoms with Gasteiger partial charge >= 0.3 is 0 Å². The molecule has 1 aliphatic heterocycles. The summed E-state index contributed by atoms with van der Waals surface area (Å²) in [6.45, 7) is 2.27. The molecule has 0 radical (unpaired) electrons. The molecule has 1 heterocycles. The predicted octanol–water partition coefficient (Wildman–Crippen LogP) is 0.149. The molecule has 142 valence electrons. The van der Waals surface area contributed by atoms with E-state index in [1.807, 2.05) is 6.92 Å². The van der Waals surface area contributed by atoms with E-state index in [9.17, 15) is 16.8 Å². The molecule has 0 amide bonds. The number of hydrogen-bond acceptors (Lipinski definition) is 7. The Kier molecular flexibility index (Phi) is 5.97. The fourth-order valence-corrected chi connectivity index (χ4v) is 6.11. The van der Waals surface area contributed by atoms with Crippen molar-refractivity contribution in [3.05, 3.63) is 18.2 Å². The van der Waals surface area contributed by atoms with Crippen LogP contribution in [0.15, 0.2) is 23.1 Å². The van der Waals surface area contributed by atoms with Crippen molar-refractivity contribution in [2.24, 2.45) is 0 Å². The summed E-state index contributed by atoms with van der Waals surface area (Å²) < 4.78 is 60.8. The second kappa shape index (κ2) is 7.48. The lowest BCUT2D eigenvalue weighted by Crippen LogP contribution is -2.46. The summed E-state index contributed by atoms with van der Waals surface area (Å²) in [4.78, 5) is -0.0102. The van der Waals surface area contributed by atoms with E-state index < -0.39 is 25.4 Å². The normalized spacial score (nSPS) is 22.7. The topological polar surface area (TPSA) is 111 Å². The summed E-state index contributed by atoms with van der Waals surface area (Å²) in [6.07, 6.45) is 0.520. The maximum atomic E-state index is 12.5. The molecule has 1 aromatic rings. The van der Waals surface area contributed by atoms with Crippen LogP contribution in [0.25, 0.3) is 0 Å². The van der Waals surface area contributed by atoms with E-state index in [1.54, 1.807) is 6.07 Å². The third-order valence-corrected chi connectivity index (χ3v) is 7.52. The number of hydrogen-bond donors (Lipinski definition) is 2. The maximum absolute atomic E-state index is 12.5. The standard InChI is InChI=1S/C15H24N2O6S2/c1-15(6-9-24(18,19)11-15)16-7-8-17-25(20,21)14-10-12(22-2)4-5-13(14)23-3/h4-5,10,16-17H,6-9,11H2,1-3H3/t15-/m0/s1. The summed E-state index contributed by atoms with van der Waals surface area (Å²) in [5.41, 5.74) is -0.516. The fourth-order valence-electron chi connectivity index (χ4n) is 2.77. The van der Waals surface area contributed by atoms with Crippen LogP contribution in [0, 0.1) is 0 Å². The lowest BCUT2D eigenvalue weighted by molar-refractivity contribution is 0.390. The number of sulfone groups is 1. The van der Waals surface area contributed by atoms with E-state index >= 15 is 0 Å². The highest BCUT2D eigenvalue weighted by molar-refractivity contribution is 7.91. The average molecular weight is 392 g/mol. The van der Waals surface area contributed by atoms with Crippen LogP contribution in [-0.4, -0.2) is 61.2 Å². The number of methoxy groups -OCH3 is 2. The molecule has 2 rings (SSSR count). The maximum Gasteiger partial charge on any atom is 0.244 e. The molecule has 1 saturated heterocycles. The van der Waals surface area contributed by atoms with E-state index in [0.29, 0.717) is 18.7 Å². The zero-order chi connectivity index (χ0) is 18.7. The molecule has 1 fully saturated rings. The Hall–Kier alpha value is -1.36. The van der Waals surface area contributed by atoms with Crippen molar-refractivity contribution in [3.8, 4) is 11.5 Å². The summed E-state index contributed by atoms with van der Waals surface area (Å²) in [6, 6.07) is 4.52. The summed E-state index contributed by atoms with van der Waals surface area (Å²) in [7, 11) is -3.96. The highest BCUT2D eigenvalue weighted by Crippen LogP contribution is 2.28. The third-order valence-electron chi connectivity index (χ3n) is 4.13. The molecule has 1 aromatic carbocycles. The van der Waals surface area contributed by atoms with Crippen LogP contribution in [0.5, 0.6) is 11.5 Å². The van der Waals surface area contributed by atoms with E-state index in [0.717, 1.165) is 0 Å². The minimum atomic E-state index is -3.79. The van der Waals surface area contributed by atoms with Gasteiger partial charge in [-0.1, -0.05) is 0 Å². The summed E-state index contributed by atoms with van der Waals surface area (Å²) in [5.74, 6) is 0.845. The molecular formula is C15H24N2O6S2. The van der Waals surface area contributed by atoms with Crippen molar-refractivity contribution in [2.75, 3.05) is 38.8 Å². The second-order valence-corrected chi connectivity index (χ2v) is 10.2.